The van der Waals surface area contributed by atoms with Gasteiger partial charge < -0.3 is 14.2 Å². The summed E-state index contributed by atoms with van der Waals surface area (Å²) in [7, 11) is 1.58. The van der Waals surface area contributed by atoms with E-state index in [1.165, 1.54) is 0 Å². The fourth-order valence-electron chi connectivity index (χ4n) is 1.46. The molecule has 104 valence electrons. The third-order valence-corrected chi connectivity index (χ3v) is 2.16. The highest BCUT2D eigenvalue weighted by molar-refractivity contribution is 5.90. The molecule has 0 aliphatic rings. The monoisotopic (exact) mass is 266 g/mol. The Morgan fingerprint density at radius 3 is 2.63 bits per heavy atom. The largest absolute Gasteiger partial charge is 0.460 e. The SMILES string of the molecule is COCc1cccc(C(=O)OCC(=O)OC(C)C)c1. The first kappa shape index (κ1) is 15.2. The van der Waals surface area contributed by atoms with E-state index in [9.17, 15) is 9.59 Å². The van der Waals surface area contributed by atoms with Crippen LogP contribution in [-0.2, 0) is 25.6 Å². The topological polar surface area (TPSA) is 61.8 Å². The molecule has 0 heterocycles. The summed E-state index contributed by atoms with van der Waals surface area (Å²) in [5.41, 5.74) is 1.24. The third kappa shape index (κ3) is 5.52. The molecule has 1 rings (SSSR count). The second kappa shape index (κ2) is 7.53. The Kier molecular flexibility index (Phi) is 6.02. The number of carbonyl (C=O) groups is 2. The first-order chi connectivity index (χ1) is 9.02. The van der Waals surface area contributed by atoms with Gasteiger partial charge in [0.15, 0.2) is 6.61 Å². The summed E-state index contributed by atoms with van der Waals surface area (Å²) in [5, 5.41) is 0. The zero-order chi connectivity index (χ0) is 14.3. The number of ether oxygens (including phenoxy) is 3. The molecule has 0 aliphatic heterocycles. The van der Waals surface area contributed by atoms with Gasteiger partial charge in [-0.2, -0.15) is 0 Å². The quantitative estimate of drug-likeness (QED) is 0.736. The highest BCUT2D eigenvalue weighted by atomic mass is 16.6. The maximum absolute atomic E-state index is 11.7. The molecule has 0 unspecified atom stereocenters. The Hall–Kier alpha value is -1.88. The average Bonchev–Trinajstić information content (AvgIpc) is 2.36. The molecule has 0 spiro atoms. The van der Waals surface area contributed by atoms with Crippen LogP contribution in [0.1, 0.15) is 29.8 Å². The Morgan fingerprint density at radius 1 is 1.26 bits per heavy atom. The molecule has 5 nitrogen and oxygen atoms in total. The van der Waals surface area contributed by atoms with E-state index in [0.717, 1.165) is 5.56 Å². The standard InChI is InChI=1S/C14H18O5/c1-10(2)19-13(15)9-18-14(16)12-6-4-5-11(7-12)8-17-3/h4-7,10H,8-9H2,1-3H3. The summed E-state index contributed by atoms with van der Waals surface area (Å²) in [6, 6.07) is 6.86. The smallest absolute Gasteiger partial charge is 0.344 e. The van der Waals surface area contributed by atoms with E-state index < -0.39 is 11.9 Å². The van der Waals surface area contributed by atoms with Crippen LogP contribution in [0, 0.1) is 0 Å². The normalized spacial score (nSPS) is 10.3. The van der Waals surface area contributed by atoms with E-state index in [0.29, 0.717) is 12.2 Å². The fourth-order valence-corrected chi connectivity index (χ4v) is 1.46. The van der Waals surface area contributed by atoms with Gasteiger partial charge in [-0.05, 0) is 31.5 Å². The van der Waals surface area contributed by atoms with Crippen LogP contribution < -0.4 is 0 Å². The van der Waals surface area contributed by atoms with Crippen LogP contribution in [0.4, 0.5) is 0 Å². The van der Waals surface area contributed by atoms with Gasteiger partial charge in [0.2, 0.25) is 0 Å². The maximum Gasteiger partial charge on any atom is 0.344 e. The van der Waals surface area contributed by atoms with Crippen molar-refractivity contribution in [3.63, 3.8) is 0 Å². The summed E-state index contributed by atoms with van der Waals surface area (Å²) in [4.78, 5) is 23.0. The molecule has 1 aromatic carbocycles. The van der Waals surface area contributed by atoms with Crippen molar-refractivity contribution < 1.29 is 23.8 Å². The summed E-state index contributed by atoms with van der Waals surface area (Å²) in [5.74, 6) is -1.12. The molecule has 1 aromatic rings. The molecule has 0 fully saturated rings. The number of methoxy groups -OCH3 is 1. The van der Waals surface area contributed by atoms with Crippen LogP contribution in [0.5, 0.6) is 0 Å². The van der Waals surface area contributed by atoms with E-state index in [-0.39, 0.29) is 12.7 Å². The Morgan fingerprint density at radius 2 is 2.00 bits per heavy atom. The van der Waals surface area contributed by atoms with Crippen molar-refractivity contribution in [2.45, 2.75) is 26.6 Å². The van der Waals surface area contributed by atoms with Gasteiger partial charge in [0.05, 0.1) is 18.3 Å². The highest BCUT2D eigenvalue weighted by Gasteiger charge is 2.12. The van der Waals surface area contributed by atoms with Crippen molar-refractivity contribution >= 4 is 11.9 Å². The van der Waals surface area contributed by atoms with E-state index in [1.54, 1.807) is 39.2 Å². The zero-order valence-electron chi connectivity index (χ0n) is 11.3. The lowest BCUT2D eigenvalue weighted by molar-refractivity contribution is -0.150. The minimum Gasteiger partial charge on any atom is -0.460 e. The van der Waals surface area contributed by atoms with Gasteiger partial charge in [0, 0.05) is 7.11 Å². The number of hydrogen-bond donors (Lipinski definition) is 0. The van der Waals surface area contributed by atoms with Crippen molar-refractivity contribution in [1.82, 2.24) is 0 Å². The molecule has 0 bridgehead atoms. The van der Waals surface area contributed by atoms with Gasteiger partial charge in [0.25, 0.3) is 0 Å². The average molecular weight is 266 g/mol. The second-order valence-corrected chi connectivity index (χ2v) is 4.25. The maximum atomic E-state index is 11.7. The number of rotatable bonds is 6. The molecule has 0 saturated carbocycles. The number of esters is 2. The molecule has 0 radical (unpaired) electrons. The van der Waals surface area contributed by atoms with Crippen LogP contribution in [0.15, 0.2) is 24.3 Å². The van der Waals surface area contributed by atoms with Crippen molar-refractivity contribution in [1.29, 1.82) is 0 Å². The van der Waals surface area contributed by atoms with Crippen molar-refractivity contribution in [2.75, 3.05) is 13.7 Å². The summed E-state index contributed by atoms with van der Waals surface area (Å²) in [6.07, 6.45) is -0.226. The molecule has 19 heavy (non-hydrogen) atoms. The molecule has 0 amide bonds. The predicted octanol–water partition coefficient (Wildman–Crippen LogP) is 1.94. The molecule has 0 atom stereocenters. The van der Waals surface area contributed by atoms with Crippen LogP contribution in [0.3, 0.4) is 0 Å². The van der Waals surface area contributed by atoms with E-state index in [1.807, 2.05) is 6.07 Å². The van der Waals surface area contributed by atoms with E-state index in [4.69, 9.17) is 14.2 Å². The van der Waals surface area contributed by atoms with Gasteiger partial charge in [-0.25, -0.2) is 9.59 Å². The second-order valence-electron chi connectivity index (χ2n) is 4.25. The van der Waals surface area contributed by atoms with Crippen molar-refractivity contribution in [2.24, 2.45) is 0 Å². The Bertz CT molecular complexity index is 439. The molecular formula is C14H18O5. The van der Waals surface area contributed by atoms with Crippen molar-refractivity contribution in [3.8, 4) is 0 Å². The highest BCUT2D eigenvalue weighted by Crippen LogP contribution is 2.08. The number of hydrogen-bond acceptors (Lipinski definition) is 5. The molecule has 0 N–H and O–H groups in total. The number of benzene rings is 1. The minimum atomic E-state index is -0.559. The van der Waals surface area contributed by atoms with Crippen molar-refractivity contribution in [3.05, 3.63) is 35.4 Å². The van der Waals surface area contributed by atoms with E-state index in [2.05, 4.69) is 0 Å². The molecule has 0 saturated heterocycles. The lowest BCUT2D eigenvalue weighted by atomic mass is 10.1. The first-order valence-electron chi connectivity index (χ1n) is 5.97. The Labute approximate surface area is 112 Å². The zero-order valence-corrected chi connectivity index (χ0v) is 11.3. The lowest BCUT2D eigenvalue weighted by Gasteiger charge is -2.09. The van der Waals surface area contributed by atoms with Crippen LogP contribution in [0.25, 0.3) is 0 Å². The van der Waals surface area contributed by atoms with Gasteiger partial charge in [0.1, 0.15) is 0 Å². The fraction of sp³-hybridized carbons (Fsp3) is 0.429. The lowest BCUT2D eigenvalue weighted by Crippen LogP contribution is -2.19. The van der Waals surface area contributed by atoms with Crippen LogP contribution in [0.2, 0.25) is 0 Å². The van der Waals surface area contributed by atoms with Gasteiger partial charge in [-0.1, -0.05) is 12.1 Å². The Balaban J connectivity index is 2.53. The van der Waals surface area contributed by atoms with Crippen LogP contribution in [-0.4, -0.2) is 31.8 Å². The van der Waals surface area contributed by atoms with Crippen LogP contribution >= 0.6 is 0 Å². The minimum absolute atomic E-state index is 0.226. The summed E-state index contributed by atoms with van der Waals surface area (Å²) in [6.45, 7) is 3.49. The molecule has 5 heteroatoms. The summed E-state index contributed by atoms with van der Waals surface area (Å²) < 4.78 is 14.7. The molecular weight excluding hydrogens is 248 g/mol. The third-order valence-electron chi connectivity index (χ3n) is 2.16. The van der Waals surface area contributed by atoms with Gasteiger partial charge in [-0.15, -0.1) is 0 Å². The molecule has 0 aliphatic carbocycles. The molecule has 0 aromatic heterocycles. The predicted molar refractivity (Wildman–Crippen MR) is 68.7 cm³/mol. The van der Waals surface area contributed by atoms with Gasteiger partial charge >= 0.3 is 11.9 Å². The van der Waals surface area contributed by atoms with E-state index >= 15 is 0 Å². The van der Waals surface area contributed by atoms with Gasteiger partial charge in [-0.3, -0.25) is 0 Å². The number of carbonyl (C=O) groups excluding carboxylic acids is 2. The first-order valence-corrected chi connectivity index (χ1v) is 5.97. The summed E-state index contributed by atoms with van der Waals surface area (Å²) >= 11 is 0.